The van der Waals surface area contributed by atoms with Crippen molar-refractivity contribution in [2.24, 2.45) is 11.1 Å². The zero-order chi connectivity index (χ0) is 14.9. The van der Waals surface area contributed by atoms with Gasteiger partial charge in [0.1, 0.15) is 0 Å². The van der Waals surface area contributed by atoms with E-state index in [1.54, 1.807) is 12.1 Å². The first kappa shape index (κ1) is 14.9. The average molecular weight is 314 g/mol. The zero-order valence-electron chi connectivity index (χ0n) is 11.8. The fraction of sp³-hybridized carbons (Fsp3) is 0.600. The second-order valence-electron chi connectivity index (χ2n) is 5.65. The molecule has 2 heterocycles. The van der Waals surface area contributed by atoms with Gasteiger partial charge in [0, 0.05) is 25.0 Å². The fourth-order valence-electron chi connectivity index (χ4n) is 2.87. The molecule has 0 aliphatic carbocycles. The Kier molecular flexibility index (Phi) is 4.26. The van der Waals surface area contributed by atoms with Gasteiger partial charge in [0.2, 0.25) is 0 Å². The molecule has 0 amide bonds. The van der Waals surface area contributed by atoms with E-state index >= 15 is 0 Å². The normalized spacial score (nSPS) is 26.4. The Morgan fingerprint density at radius 1 is 1.29 bits per heavy atom. The number of aliphatic hydroxyl groups is 1. The fourth-order valence-corrected chi connectivity index (χ4v) is 3.15. The number of rotatable bonds is 3. The second-order valence-corrected chi connectivity index (χ2v) is 6.06. The number of benzene rings is 1. The Morgan fingerprint density at radius 3 is 2.81 bits per heavy atom. The van der Waals surface area contributed by atoms with Crippen LogP contribution in [0.25, 0.3) is 0 Å². The highest BCUT2D eigenvalue weighted by Crippen LogP contribution is 2.45. The van der Waals surface area contributed by atoms with Crippen LogP contribution in [0, 0.1) is 5.41 Å². The van der Waals surface area contributed by atoms with E-state index in [1.807, 2.05) is 0 Å². The molecular formula is C15H20ClNO4. The van der Waals surface area contributed by atoms with Crippen molar-refractivity contribution in [1.29, 1.82) is 0 Å². The first-order valence-corrected chi connectivity index (χ1v) is 7.59. The van der Waals surface area contributed by atoms with Gasteiger partial charge >= 0.3 is 0 Å². The van der Waals surface area contributed by atoms with Crippen molar-refractivity contribution in [1.82, 2.24) is 0 Å². The molecule has 6 heteroatoms. The monoisotopic (exact) mass is 313 g/mol. The lowest BCUT2D eigenvalue weighted by Gasteiger charge is -2.32. The number of hydrogen-bond acceptors (Lipinski definition) is 5. The lowest BCUT2D eigenvalue weighted by Crippen LogP contribution is -2.37. The van der Waals surface area contributed by atoms with E-state index in [9.17, 15) is 5.11 Å². The molecule has 2 aliphatic heterocycles. The number of ether oxygens (including phenoxy) is 3. The molecule has 3 N–H and O–H groups in total. The summed E-state index contributed by atoms with van der Waals surface area (Å²) in [6.45, 7) is 2.59. The molecule has 1 aromatic carbocycles. The van der Waals surface area contributed by atoms with Crippen molar-refractivity contribution in [3.63, 3.8) is 0 Å². The number of fused-ring (bicyclic) bond motifs is 1. The smallest absolute Gasteiger partial charge is 0.179 e. The summed E-state index contributed by atoms with van der Waals surface area (Å²) in [6, 6.07) is 3.53. The molecule has 0 bridgehead atoms. The number of aliphatic hydroxyl groups excluding tert-OH is 1. The van der Waals surface area contributed by atoms with Crippen LogP contribution < -0.4 is 15.2 Å². The molecule has 2 unspecified atom stereocenters. The minimum absolute atomic E-state index is 0.361. The van der Waals surface area contributed by atoms with Crippen molar-refractivity contribution in [2.75, 3.05) is 33.0 Å². The van der Waals surface area contributed by atoms with Crippen LogP contribution in [0.1, 0.15) is 24.5 Å². The molecule has 21 heavy (non-hydrogen) atoms. The SMILES string of the molecule is NCC1(C(O)c2cc(Cl)c3c(c2)OCCCO3)CCOC1. The van der Waals surface area contributed by atoms with E-state index in [2.05, 4.69) is 0 Å². The molecule has 2 aliphatic rings. The van der Waals surface area contributed by atoms with Gasteiger partial charge in [-0.15, -0.1) is 0 Å². The minimum Gasteiger partial charge on any atom is -0.489 e. The van der Waals surface area contributed by atoms with Gasteiger partial charge in [-0.05, 0) is 24.1 Å². The summed E-state index contributed by atoms with van der Waals surface area (Å²) in [5.41, 5.74) is 6.12. The van der Waals surface area contributed by atoms with Crippen LogP contribution in [-0.4, -0.2) is 38.1 Å². The van der Waals surface area contributed by atoms with Gasteiger partial charge in [0.15, 0.2) is 11.5 Å². The Bertz CT molecular complexity index is 517. The summed E-state index contributed by atoms with van der Waals surface area (Å²) in [6.07, 6.45) is 0.805. The summed E-state index contributed by atoms with van der Waals surface area (Å²) in [5, 5.41) is 11.2. The molecule has 116 valence electrons. The minimum atomic E-state index is -0.736. The number of halogens is 1. The van der Waals surface area contributed by atoms with Crippen LogP contribution in [0.15, 0.2) is 12.1 Å². The molecule has 1 fully saturated rings. The highest BCUT2D eigenvalue weighted by molar-refractivity contribution is 6.32. The summed E-state index contributed by atoms with van der Waals surface area (Å²) in [7, 11) is 0. The van der Waals surface area contributed by atoms with E-state index in [0.29, 0.717) is 55.1 Å². The van der Waals surface area contributed by atoms with Crippen LogP contribution in [0.4, 0.5) is 0 Å². The Balaban J connectivity index is 1.95. The van der Waals surface area contributed by atoms with Crippen LogP contribution in [0.5, 0.6) is 11.5 Å². The topological polar surface area (TPSA) is 73.9 Å². The van der Waals surface area contributed by atoms with Gasteiger partial charge in [-0.3, -0.25) is 0 Å². The van der Waals surface area contributed by atoms with E-state index in [0.717, 1.165) is 12.8 Å². The van der Waals surface area contributed by atoms with Crippen molar-refractivity contribution in [2.45, 2.75) is 18.9 Å². The van der Waals surface area contributed by atoms with E-state index in [4.69, 9.17) is 31.5 Å². The largest absolute Gasteiger partial charge is 0.489 e. The quantitative estimate of drug-likeness (QED) is 0.891. The highest BCUT2D eigenvalue weighted by atomic mass is 35.5. The highest BCUT2D eigenvalue weighted by Gasteiger charge is 2.41. The van der Waals surface area contributed by atoms with Gasteiger partial charge in [-0.25, -0.2) is 0 Å². The second kappa shape index (κ2) is 6.01. The van der Waals surface area contributed by atoms with E-state index in [1.165, 1.54) is 0 Å². The van der Waals surface area contributed by atoms with Gasteiger partial charge < -0.3 is 25.1 Å². The van der Waals surface area contributed by atoms with Gasteiger partial charge in [0.25, 0.3) is 0 Å². The lowest BCUT2D eigenvalue weighted by molar-refractivity contribution is 0.0189. The van der Waals surface area contributed by atoms with Gasteiger partial charge in [0.05, 0.1) is 30.9 Å². The molecule has 1 aromatic rings. The molecular weight excluding hydrogens is 294 g/mol. The maximum absolute atomic E-state index is 10.8. The van der Waals surface area contributed by atoms with E-state index < -0.39 is 11.5 Å². The van der Waals surface area contributed by atoms with Crippen LogP contribution in [0.3, 0.4) is 0 Å². The summed E-state index contributed by atoms with van der Waals surface area (Å²) in [5.74, 6) is 1.13. The van der Waals surface area contributed by atoms with Crippen molar-refractivity contribution in [3.8, 4) is 11.5 Å². The Morgan fingerprint density at radius 2 is 2.10 bits per heavy atom. The molecule has 2 atom stereocenters. The molecule has 0 aromatic heterocycles. The van der Waals surface area contributed by atoms with Crippen LogP contribution in [-0.2, 0) is 4.74 Å². The van der Waals surface area contributed by atoms with Gasteiger partial charge in [-0.2, -0.15) is 0 Å². The van der Waals surface area contributed by atoms with Crippen LogP contribution >= 0.6 is 11.6 Å². The first-order valence-electron chi connectivity index (χ1n) is 7.21. The Labute approximate surface area is 128 Å². The lowest BCUT2D eigenvalue weighted by atomic mass is 9.78. The summed E-state index contributed by atoms with van der Waals surface area (Å²) >= 11 is 6.28. The van der Waals surface area contributed by atoms with Gasteiger partial charge in [-0.1, -0.05) is 11.6 Å². The predicted octanol–water partition coefficient (Wildman–Crippen LogP) is 1.90. The standard InChI is InChI=1S/C15H20ClNO4/c16-11-6-10(7-12-13(11)21-4-1-3-20-12)14(18)15(8-17)2-5-19-9-15/h6-7,14,18H,1-5,8-9,17H2. The third-order valence-corrected chi connectivity index (χ3v) is 4.54. The van der Waals surface area contributed by atoms with Crippen molar-refractivity contribution < 1.29 is 19.3 Å². The predicted molar refractivity (Wildman–Crippen MR) is 78.9 cm³/mol. The molecule has 3 rings (SSSR count). The average Bonchev–Trinajstić information content (AvgIpc) is 2.86. The maximum Gasteiger partial charge on any atom is 0.179 e. The summed E-state index contributed by atoms with van der Waals surface area (Å²) in [4.78, 5) is 0. The molecule has 1 saturated heterocycles. The molecule has 0 spiro atoms. The summed E-state index contributed by atoms with van der Waals surface area (Å²) < 4.78 is 16.7. The maximum atomic E-state index is 10.8. The number of nitrogens with two attached hydrogens (primary N) is 1. The van der Waals surface area contributed by atoms with Crippen LogP contribution in [0.2, 0.25) is 5.02 Å². The zero-order valence-corrected chi connectivity index (χ0v) is 12.6. The third-order valence-electron chi connectivity index (χ3n) is 4.26. The third kappa shape index (κ3) is 2.71. The van der Waals surface area contributed by atoms with Crippen molar-refractivity contribution in [3.05, 3.63) is 22.7 Å². The molecule has 0 radical (unpaired) electrons. The molecule has 5 nitrogen and oxygen atoms in total. The van der Waals surface area contributed by atoms with E-state index in [-0.39, 0.29) is 0 Å². The van der Waals surface area contributed by atoms with Crippen molar-refractivity contribution >= 4 is 11.6 Å². The first-order chi connectivity index (χ1) is 10.2. The Hall–Kier alpha value is -1.01. The molecule has 0 saturated carbocycles. The number of hydrogen-bond donors (Lipinski definition) is 2.